The first-order valence-electron chi connectivity index (χ1n) is 7.88. The predicted octanol–water partition coefficient (Wildman–Crippen LogP) is 1.37. The summed E-state index contributed by atoms with van der Waals surface area (Å²) in [7, 11) is 0. The van der Waals surface area contributed by atoms with E-state index in [1.165, 1.54) is 11.8 Å². The van der Waals surface area contributed by atoms with Gasteiger partial charge in [-0.15, -0.1) is 0 Å². The molecular formula is C18H17NO5. The van der Waals surface area contributed by atoms with Gasteiger partial charge in [-0.1, -0.05) is 23.8 Å². The van der Waals surface area contributed by atoms with E-state index in [2.05, 4.69) is 0 Å². The molecule has 124 valence electrons. The number of carbonyl (C=O) groups is 3. The quantitative estimate of drug-likeness (QED) is 0.476. The van der Waals surface area contributed by atoms with Crippen LogP contribution in [0.4, 0.5) is 5.69 Å². The molecule has 6 heteroatoms. The largest absolute Gasteiger partial charge is 0.462 e. The first-order valence-corrected chi connectivity index (χ1v) is 7.88. The van der Waals surface area contributed by atoms with Gasteiger partial charge in [-0.2, -0.15) is 0 Å². The first-order chi connectivity index (χ1) is 11.4. The van der Waals surface area contributed by atoms with Crippen molar-refractivity contribution in [3.63, 3.8) is 0 Å². The second-order valence-electron chi connectivity index (χ2n) is 6.53. The number of ether oxygens (including phenoxy) is 2. The Balaban J connectivity index is 1.69. The lowest BCUT2D eigenvalue weighted by molar-refractivity contribution is -0.150. The smallest absolute Gasteiger partial charge is 0.302 e. The van der Waals surface area contributed by atoms with E-state index in [1.807, 2.05) is 19.1 Å². The summed E-state index contributed by atoms with van der Waals surface area (Å²) < 4.78 is 11.0. The van der Waals surface area contributed by atoms with E-state index in [-0.39, 0.29) is 18.4 Å². The number of carbonyl (C=O) groups excluding carboxylic acids is 3. The molecule has 0 saturated carbocycles. The van der Waals surface area contributed by atoms with Gasteiger partial charge in [-0.05, 0) is 25.1 Å². The zero-order valence-electron chi connectivity index (χ0n) is 13.4. The first kappa shape index (κ1) is 15.1. The molecular weight excluding hydrogens is 310 g/mol. The average Bonchev–Trinajstić information content (AvgIpc) is 3.18. The van der Waals surface area contributed by atoms with Gasteiger partial charge in [0.2, 0.25) is 11.8 Å². The lowest BCUT2D eigenvalue weighted by Gasteiger charge is -2.28. The van der Waals surface area contributed by atoms with Gasteiger partial charge in [-0.3, -0.25) is 14.4 Å². The van der Waals surface area contributed by atoms with Crippen LogP contribution >= 0.6 is 0 Å². The average molecular weight is 327 g/mol. The number of amides is 2. The van der Waals surface area contributed by atoms with E-state index >= 15 is 0 Å². The van der Waals surface area contributed by atoms with Crippen molar-refractivity contribution >= 4 is 23.5 Å². The molecule has 3 aliphatic rings. The van der Waals surface area contributed by atoms with Gasteiger partial charge in [0.05, 0.1) is 23.6 Å². The number of anilines is 1. The summed E-state index contributed by atoms with van der Waals surface area (Å²) in [5.74, 6) is -2.21. The highest BCUT2D eigenvalue weighted by Gasteiger charge is 2.68. The maximum Gasteiger partial charge on any atom is 0.302 e. The number of nitrogens with zero attached hydrogens (tertiary/aromatic N) is 1. The molecule has 1 aromatic carbocycles. The van der Waals surface area contributed by atoms with Crippen LogP contribution in [0.1, 0.15) is 12.5 Å². The molecule has 0 unspecified atom stereocenters. The van der Waals surface area contributed by atoms with E-state index < -0.39 is 29.5 Å². The van der Waals surface area contributed by atoms with E-state index in [0.717, 1.165) is 5.56 Å². The molecule has 0 aromatic heterocycles. The molecule has 0 radical (unpaired) electrons. The Morgan fingerprint density at radius 3 is 2.62 bits per heavy atom. The molecule has 3 heterocycles. The van der Waals surface area contributed by atoms with Crippen molar-refractivity contribution in [3.05, 3.63) is 42.0 Å². The Kier molecular flexibility index (Phi) is 3.15. The summed E-state index contributed by atoms with van der Waals surface area (Å²) in [5, 5.41) is 0. The highest BCUT2D eigenvalue weighted by Crippen LogP contribution is 2.52. The number of fused-ring (bicyclic) bond motifs is 5. The van der Waals surface area contributed by atoms with E-state index in [9.17, 15) is 14.4 Å². The van der Waals surface area contributed by atoms with Crippen LogP contribution in [-0.4, -0.2) is 36.1 Å². The molecule has 1 aromatic rings. The SMILES string of the molecule is CC(=O)OC[C@@]12C=C[C@@H](O1)[C@@H]1C(=O)N(c3ccc(C)cc3)C(=O)[C@@H]12. The van der Waals surface area contributed by atoms with Crippen LogP contribution in [0, 0.1) is 18.8 Å². The lowest BCUT2D eigenvalue weighted by atomic mass is 9.77. The van der Waals surface area contributed by atoms with Gasteiger partial charge in [0.1, 0.15) is 12.2 Å². The number of imide groups is 1. The number of aryl methyl sites for hydroxylation is 1. The van der Waals surface area contributed by atoms with Crippen molar-refractivity contribution in [2.75, 3.05) is 11.5 Å². The third-order valence-corrected chi connectivity index (χ3v) is 4.95. The highest BCUT2D eigenvalue weighted by atomic mass is 16.6. The van der Waals surface area contributed by atoms with Gasteiger partial charge in [0.25, 0.3) is 0 Å². The molecule has 4 atom stereocenters. The summed E-state index contributed by atoms with van der Waals surface area (Å²) in [6, 6.07) is 7.26. The minimum atomic E-state index is -1.03. The molecule has 2 amide bonds. The van der Waals surface area contributed by atoms with Crippen molar-refractivity contribution in [1.29, 1.82) is 0 Å². The van der Waals surface area contributed by atoms with Crippen molar-refractivity contribution in [2.45, 2.75) is 25.6 Å². The van der Waals surface area contributed by atoms with Crippen LogP contribution in [0.2, 0.25) is 0 Å². The Bertz CT molecular complexity index is 768. The highest BCUT2D eigenvalue weighted by molar-refractivity contribution is 6.23. The van der Waals surface area contributed by atoms with Crippen LogP contribution < -0.4 is 4.90 Å². The van der Waals surface area contributed by atoms with Crippen LogP contribution in [0.3, 0.4) is 0 Å². The van der Waals surface area contributed by atoms with E-state index in [0.29, 0.717) is 5.69 Å². The predicted molar refractivity (Wildman–Crippen MR) is 84.0 cm³/mol. The van der Waals surface area contributed by atoms with E-state index in [4.69, 9.17) is 9.47 Å². The number of rotatable bonds is 3. The van der Waals surface area contributed by atoms with Crippen molar-refractivity contribution in [2.24, 2.45) is 11.8 Å². The van der Waals surface area contributed by atoms with Crippen molar-refractivity contribution in [1.82, 2.24) is 0 Å². The maximum absolute atomic E-state index is 13.0. The topological polar surface area (TPSA) is 72.9 Å². The maximum atomic E-state index is 13.0. The lowest BCUT2D eigenvalue weighted by Crippen LogP contribution is -2.44. The zero-order chi connectivity index (χ0) is 17.1. The molecule has 3 aliphatic heterocycles. The minimum Gasteiger partial charge on any atom is -0.462 e. The fraction of sp³-hybridized carbons (Fsp3) is 0.389. The van der Waals surface area contributed by atoms with Gasteiger partial charge in [0.15, 0.2) is 0 Å². The van der Waals surface area contributed by atoms with Gasteiger partial charge in [-0.25, -0.2) is 4.90 Å². The second kappa shape index (κ2) is 5.01. The normalized spacial score (nSPS) is 33.2. The molecule has 2 saturated heterocycles. The van der Waals surface area contributed by atoms with Crippen LogP contribution in [-0.2, 0) is 23.9 Å². The van der Waals surface area contributed by atoms with Gasteiger partial charge < -0.3 is 9.47 Å². The summed E-state index contributed by atoms with van der Waals surface area (Å²) in [5.41, 5.74) is 0.578. The number of hydrogen-bond donors (Lipinski definition) is 0. The number of esters is 1. The summed E-state index contributed by atoms with van der Waals surface area (Å²) in [6.07, 6.45) is 3.09. The minimum absolute atomic E-state index is 0.0583. The van der Waals surface area contributed by atoms with E-state index in [1.54, 1.807) is 24.3 Å². The Morgan fingerprint density at radius 1 is 1.25 bits per heavy atom. The molecule has 4 rings (SSSR count). The zero-order valence-corrected chi connectivity index (χ0v) is 13.4. The van der Waals surface area contributed by atoms with Crippen LogP contribution in [0.25, 0.3) is 0 Å². The van der Waals surface area contributed by atoms with Gasteiger partial charge in [0, 0.05) is 6.92 Å². The fourth-order valence-electron chi connectivity index (χ4n) is 3.83. The summed E-state index contributed by atoms with van der Waals surface area (Å²) >= 11 is 0. The van der Waals surface area contributed by atoms with Crippen molar-refractivity contribution in [3.8, 4) is 0 Å². The molecule has 24 heavy (non-hydrogen) atoms. The van der Waals surface area contributed by atoms with Gasteiger partial charge >= 0.3 is 5.97 Å². The van der Waals surface area contributed by atoms with Crippen LogP contribution in [0.5, 0.6) is 0 Å². The molecule has 2 bridgehead atoms. The second-order valence-corrected chi connectivity index (χ2v) is 6.53. The molecule has 6 nitrogen and oxygen atoms in total. The molecule has 0 spiro atoms. The molecule has 2 fully saturated rings. The molecule has 0 aliphatic carbocycles. The Labute approximate surface area is 139 Å². The standard InChI is InChI=1S/C18H17NO5/c1-10-3-5-12(6-4-10)19-16(21)14-13-7-8-18(24-13,9-23-11(2)20)15(14)17(19)22/h3-8,13-15H,9H2,1-2H3/t13-,14+,15-,18-/m1/s1. The Hall–Kier alpha value is -2.47. The summed E-state index contributed by atoms with van der Waals surface area (Å²) in [4.78, 5) is 38.2. The van der Waals surface area contributed by atoms with Crippen LogP contribution in [0.15, 0.2) is 36.4 Å². The third kappa shape index (κ3) is 1.96. The third-order valence-electron chi connectivity index (χ3n) is 4.95. The fourth-order valence-corrected chi connectivity index (χ4v) is 3.83. The van der Waals surface area contributed by atoms with Crippen molar-refractivity contribution < 1.29 is 23.9 Å². The number of benzene rings is 1. The Morgan fingerprint density at radius 2 is 1.96 bits per heavy atom. The monoisotopic (exact) mass is 327 g/mol. The summed E-state index contributed by atoms with van der Waals surface area (Å²) in [6.45, 7) is 3.19. The number of hydrogen-bond acceptors (Lipinski definition) is 5. The molecule has 0 N–H and O–H groups in total.